The van der Waals surface area contributed by atoms with Gasteiger partial charge >= 0.3 is 0 Å². The molecule has 150 valence electrons. The van der Waals surface area contributed by atoms with Crippen LogP contribution in [0.5, 0.6) is 0 Å². The van der Waals surface area contributed by atoms with Crippen molar-refractivity contribution in [2.45, 2.75) is 44.0 Å². The highest BCUT2D eigenvalue weighted by Gasteiger charge is 2.32. The summed E-state index contributed by atoms with van der Waals surface area (Å²) >= 11 is 0. The molecular formula is C22H28N2O3S. The molecule has 1 saturated heterocycles. The summed E-state index contributed by atoms with van der Waals surface area (Å²) in [5.74, 6) is -0.150. The van der Waals surface area contributed by atoms with Crippen molar-refractivity contribution in [2.24, 2.45) is 5.92 Å². The molecule has 0 radical (unpaired) electrons. The molecular weight excluding hydrogens is 372 g/mol. The molecule has 1 aliphatic heterocycles. The first kappa shape index (κ1) is 20.6. The number of piperidine rings is 1. The molecule has 1 fully saturated rings. The Morgan fingerprint density at radius 1 is 1.07 bits per heavy atom. The summed E-state index contributed by atoms with van der Waals surface area (Å²) in [6, 6.07) is 16.7. The number of hydrogen-bond acceptors (Lipinski definition) is 3. The number of benzene rings is 2. The molecule has 0 aromatic heterocycles. The average molecular weight is 401 g/mol. The largest absolute Gasteiger partial charge is 0.349 e. The first-order chi connectivity index (χ1) is 13.4. The Labute approximate surface area is 167 Å². The van der Waals surface area contributed by atoms with E-state index in [1.54, 1.807) is 30.3 Å². The number of nitrogens with zero attached hydrogens (tertiary/aromatic N) is 1. The first-order valence-corrected chi connectivity index (χ1v) is 11.3. The van der Waals surface area contributed by atoms with Gasteiger partial charge in [0.25, 0.3) is 0 Å². The molecule has 1 amide bonds. The summed E-state index contributed by atoms with van der Waals surface area (Å²) < 4.78 is 26.9. The monoisotopic (exact) mass is 400 g/mol. The van der Waals surface area contributed by atoms with Gasteiger partial charge in [0.2, 0.25) is 15.9 Å². The molecule has 0 aliphatic carbocycles. The van der Waals surface area contributed by atoms with Gasteiger partial charge in [-0.2, -0.15) is 4.31 Å². The van der Waals surface area contributed by atoms with Crippen molar-refractivity contribution in [1.82, 2.24) is 9.62 Å². The van der Waals surface area contributed by atoms with Gasteiger partial charge in [0.1, 0.15) is 0 Å². The molecule has 5 nitrogen and oxygen atoms in total. The predicted octanol–water partition coefficient (Wildman–Crippen LogP) is 3.53. The van der Waals surface area contributed by atoms with Crippen LogP contribution in [0.25, 0.3) is 0 Å². The molecule has 6 heteroatoms. The number of aryl methyl sites for hydroxylation is 1. The number of nitrogens with one attached hydrogen (secondary N) is 1. The number of rotatable bonds is 6. The number of hydrogen-bond donors (Lipinski definition) is 1. The van der Waals surface area contributed by atoms with Crippen LogP contribution >= 0.6 is 0 Å². The van der Waals surface area contributed by atoms with Crippen molar-refractivity contribution in [3.05, 3.63) is 65.7 Å². The maximum Gasteiger partial charge on any atom is 0.243 e. The highest BCUT2D eigenvalue weighted by molar-refractivity contribution is 7.89. The van der Waals surface area contributed by atoms with Gasteiger partial charge in [-0.1, -0.05) is 49.4 Å². The van der Waals surface area contributed by atoms with Gasteiger partial charge < -0.3 is 5.32 Å². The van der Waals surface area contributed by atoms with E-state index in [1.165, 1.54) is 9.87 Å². The quantitative estimate of drug-likeness (QED) is 0.807. The lowest BCUT2D eigenvalue weighted by Crippen LogP contribution is -2.43. The zero-order valence-electron chi connectivity index (χ0n) is 16.5. The Kier molecular flexibility index (Phi) is 6.52. The van der Waals surface area contributed by atoms with Gasteiger partial charge in [-0.15, -0.1) is 0 Å². The molecule has 0 saturated carbocycles. The van der Waals surface area contributed by atoms with Crippen molar-refractivity contribution < 1.29 is 13.2 Å². The molecule has 1 aliphatic rings. The Hall–Kier alpha value is -2.18. The van der Waals surface area contributed by atoms with Crippen molar-refractivity contribution >= 4 is 15.9 Å². The van der Waals surface area contributed by atoms with Crippen LogP contribution in [0.1, 0.15) is 43.9 Å². The Morgan fingerprint density at radius 2 is 1.68 bits per heavy atom. The van der Waals surface area contributed by atoms with Crippen LogP contribution in [0.3, 0.4) is 0 Å². The van der Waals surface area contributed by atoms with E-state index in [0.717, 1.165) is 12.0 Å². The van der Waals surface area contributed by atoms with Crippen LogP contribution in [0, 0.1) is 5.92 Å². The van der Waals surface area contributed by atoms with Crippen LogP contribution in [-0.2, 0) is 21.2 Å². The third-order valence-electron chi connectivity index (χ3n) is 5.45. The number of carbonyl (C=O) groups is 1. The van der Waals surface area contributed by atoms with E-state index in [2.05, 4.69) is 36.5 Å². The number of sulfonamides is 1. The molecule has 1 N–H and O–H groups in total. The van der Waals surface area contributed by atoms with E-state index >= 15 is 0 Å². The fourth-order valence-corrected chi connectivity index (χ4v) is 5.05. The number of amides is 1. The van der Waals surface area contributed by atoms with Crippen LogP contribution in [0.15, 0.2) is 59.5 Å². The van der Waals surface area contributed by atoms with E-state index in [9.17, 15) is 13.2 Å². The van der Waals surface area contributed by atoms with Crippen LogP contribution in [0.2, 0.25) is 0 Å². The van der Waals surface area contributed by atoms with E-state index in [0.29, 0.717) is 30.8 Å². The van der Waals surface area contributed by atoms with Crippen LogP contribution in [-0.4, -0.2) is 31.7 Å². The molecule has 28 heavy (non-hydrogen) atoms. The minimum absolute atomic E-state index is 0.00354. The minimum Gasteiger partial charge on any atom is -0.349 e. The zero-order chi connectivity index (χ0) is 20.1. The predicted molar refractivity (Wildman–Crippen MR) is 110 cm³/mol. The van der Waals surface area contributed by atoms with E-state index in [1.807, 2.05) is 6.92 Å². The fourth-order valence-electron chi connectivity index (χ4n) is 3.56. The molecule has 1 atom stereocenters. The fraction of sp³-hybridized carbons (Fsp3) is 0.409. The van der Waals surface area contributed by atoms with Crippen molar-refractivity contribution in [3.63, 3.8) is 0 Å². The summed E-state index contributed by atoms with van der Waals surface area (Å²) in [5.41, 5.74) is 2.35. The SMILES string of the molecule is CCc1ccc(C(C)NC(=O)C2CCN(S(=O)(=O)c3ccccc3)CC2)cc1. The van der Waals surface area contributed by atoms with Gasteiger partial charge in [-0.05, 0) is 49.4 Å². The van der Waals surface area contributed by atoms with E-state index < -0.39 is 10.0 Å². The summed E-state index contributed by atoms with van der Waals surface area (Å²) in [6.45, 7) is 4.84. The van der Waals surface area contributed by atoms with Gasteiger partial charge in [-0.25, -0.2) is 8.42 Å². The minimum atomic E-state index is -3.48. The van der Waals surface area contributed by atoms with Crippen molar-refractivity contribution in [3.8, 4) is 0 Å². The molecule has 2 aromatic carbocycles. The highest BCUT2D eigenvalue weighted by atomic mass is 32.2. The first-order valence-electron chi connectivity index (χ1n) is 9.86. The Bertz CT molecular complexity index is 887. The van der Waals surface area contributed by atoms with Gasteiger partial charge in [0.05, 0.1) is 10.9 Å². The molecule has 0 bridgehead atoms. The van der Waals surface area contributed by atoms with Gasteiger partial charge in [0, 0.05) is 19.0 Å². The molecule has 1 heterocycles. The van der Waals surface area contributed by atoms with Gasteiger partial charge in [-0.3, -0.25) is 4.79 Å². The summed E-state index contributed by atoms with van der Waals surface area (Å²) in [4.78, 5) is 13.0. The second-order valence-electron chi connectivity index (χ2n) is 7.32. The lowest BCUT2D eigenvalue weighted by atomic mass is 9.96. The Balaban J connectivity index is 1.56. The van der Waals surface area contributed by atoms with Crippen LogP contribution in [0.4, 0.5) is 0 Å². The standard InChI is InChI=1S/C22H28N2O3S/c1-3-18-9-11-19(12-10-18)17(2)23-22(25)20-13-15-24(16-14-20)28(26,27)21-7-5-4-6-8-21/h4-12,17,20H,3,13-16H2,1-2H3,(H,23,25). The highest BCUT2D eigenvalue weighted by Crippen LogP contribution is 2.24. The lowest BCUT2D eigenvalue weighted by molar-refractivity contribution is -0.126. The second kappa shape index (κ2) is 8.88. The van der Waals surface area contributed by atoms with E-state index in [-0.39, 0.29) is 17.9 Å². The molecule has 2 aromatic rings. The summed E-state index contributed by atoms with van der Waals surface area (Å²) in [6.07, 6.45) is 2.07. The topological polar surface area (TPSA) is 66.5 Å². The average Bonchev–Trinajstić information content (AvgIpc) is 2.74. The normalized spacial score (nSPS) is 17.2. The summed E-state index contributed by atoms with van der Waals surface area (Å²) in [5, 5.41) is 3.08. The van der Waals surface area contributed by atoms with E-state index in [4.69, 9.17) is 0 Å². The Morgan fingerprint density at radius 3 is 2.25 bits per heavy atom. The lowest BCUT2D eigenvalue weighted by Gasteiger charge is -2.31. The smallest absolute Gasteiger partial charge is 0.243 e. The zero-order valence-corrected chi connectivity index (χ0v) is 17.3. The van der Waals surface area contributed by atoms with Crippen molar-refractivity contribution in [2.75, 3.05) is 13.1 Å². The summed E-state index contributed by atoms with van der Waals surface area (Å²) in [7, 11) is -3.48. The molecule has 3 rings (SSSR count). The number of carbonyl (C=O) groups excluding carboxylic acids is 1. The van der Waals surface area contributed by atoms with Crippen LogP contribution < -0.4 is 5.32 Å². The van der Waals surface area contributed by atoms with Gasteiger partial charge in [0.15, 0.2) is 0 Å². The van der Waals surface area contributed by atoms with Crippen molar-refractivity contribution in [1.29, 1.82) is 0 Å². The molecule has 1 unspecified atom stereocenters. The second-order valence-corrected chi connectivity index (χ2v) is 9.25. The maximum absolute atomic E-state index is 12.7. The molecule has 0 spiro atoms. The maximum atomic E-state index is 12.7. The third-order valence-corrected chi connectivity index (χ3v) is 7.37. The third kappa shape index (κ3) is 4.62.